The Balaban J connectivity index is 1.43. The highest BCUT2D eigenvalue weighted by Crippen LogP contribution is 2.35. The van der Waals surface area contributed by atoms with Crippen LogP contribution in [0.25, 0.3) is 0 Å². The van der Waals surface area contributed by atoms with Gasteiger partial charge in [0, 0.05) is 12.1 Å². The molecule has 0 spiro atoms. The molecule has 3 heterocycles. The molecule has 1 saturated carbocycles. The number of fused-ring (bicyclic) bond motifs is 1. The van der Waals surface area contributed by atoms with Crippen molar-refractivity contribution in [2.75, 3.05) is 20.7 Å². The number of rotatable bonds is 7. The maximum absolute atomic E-state index is 11.2. The molecule has 15 heteroatoms. The van der Waals surface area contributed by atoms with Gasteiger partial charge in [0.05, 0.1) is 36.9 Å². The molecule has 0 aromatic heterocycles. The molecule has 3 aliphatic heterocycles. The minimum Gasteiger partial charge on any atom is -0.394 e. The number of hydrogen-bond acceptors (Lipinski definition) is 15. The minimum absolute atomic E-state index is 0.221. The van der Waals surface area contributed by atoms with Crippen molar-refractivity contribution in [3.63, 3.8) is 0 Å². The predicted octanol–water partition coefficient (Wildman–Crippen LogP) is -5.66. The first kappa shape index (κ1) is 29.4. The molecular formula is C22H43N5O10. The number of aliphatic hydroxyl groups excluding tert-OH is 5. The SMILES string of the molecule is CNC1C(OC2OC(CO)[C@@H](NC)C(O)C2O)O[C@H]2CC(N)[C@@H](O[C@@H]3C(N)C[C@@H](N)C[C@H]3O)OC2C1O. The van der Waals surface area contributed by atoms with Crippen molar-refractivity contribution in [2.24, 2.45) is 17.2 Å². The maximum atomic E-state index is 11.2. The van der Waals surface area contributed by atoms with Gasteiger partial charge in [-0.05, 0) is 33.4 Å². The molecule has 3 saturated heterocycles. The second kappa shape index (κ2) is 12.3. The normalized spacial score (nSPS) is 53.0. The number of nitrogens with one attached hydrogen (secondary N) is 2. The largest absolute Gasteiger partial charge is 0.394 e. The van der Waals surface area contributed by atoms with Crippen LogP contribution in [0.15, 0.2) is 0 Å². The number of ether oxygens (including phenoxy) is 5. The number of nitrogens with two attached hydrogens (primary N) is 3. The van der Waals surface area contributed by atoms with Crippen molar-refractivity contribution in [3.05, 3.63) is 0 Å². The molecule has 4 rings (SSSR count). The smallest absolute Gasteiger partial charge is 0.189 e. The highest BCUT2D eigenvalue weighted by Gasteiger charge is 2.54. The van der Waals surface area contributed by atoms with Gasteiger partial charge in [-0.3, -0.25) is 0 Å². The van der Waals surface area contributed by atoms with E-state index in [1.807, 2.05) is 0 Å². The number of hydrogen-bond donors (Lipinski definition) is 10. The summed E-state index contributed by atoms with van der Waals surface area (Å²) in [6.07, 6.45) is -10.2. The molecule has 0 radical (unpaired) electrons. The lowest BCUT2D eigenvalue weighted by Crippen LogP contribution is -2.70. The van der Waals surface area contributed by atoms with E-state index in [0.717, 1.165) is 0 Å². The lowest BCUT2D eigenvalue weighted by molar-refractivity contribution is -0.373. The van der Waals surface area contributed by atoms with E-state index in [0.29, 0.717) is 12.8 Å². The van der Waals surface area contributed by atoms with Crippen LogP contribution in [0.5, 0.6) is 0 Å². The fraction of sp³-hybridized carbons (Fsp3) is 1.00. The van der Waals surface area contributed by atoms with Crippen LogP contribution in [0.4, 0.5) is 0 Å². The van der Waals surface area contributed by atoms with Gasteiger partial charge in [-0.1, -0.05) is 0 Å². The first-order chi connectivity index (χ1) is 17.6. The summed E-state index contributed by atoms with van der Waals surface area (Å²) >= 11 is 0. The summed E-state index contributed by atoms with van der Waals surface area (Å²) in [4.78, 5) is 0. The second-order valence-corrected chi connectivity index (χ2v) is 10.4. The fourth-order valence-corrected chi connectivity index (χ4v) is 5.81. The Morgan fingerprint density at radius 3 is 2.08 bits per heavy atom. The van der Waals surface area contributed by atoms with E-state index in [1.165, 1.54) is 0 Å². The number of aliphatic hydroxyl groups is 5. The van der Waals surface area contributed by atoms with Crippen molar-refractivity contribution < 1.29 is 49.2 Å². The Kier molecular flexibility index (Phi) is 9.75. The maximum Gasteiger partial charge on any atom is 0.189 e. The molecule has 13 N–H and O–H groups in total. The third-order valence-electron chi connectivity index (χ3n) is 7.85. The van der Waals surface area contributed by atoms with Crippen LogP contribution in [0.3, 0.4) is 0 Å². The van der Waals surface area contributed by atoms with E-state index in [-0.39, 0.29) is 12.5 Å². The Morgan fingerprint density at radius 1 is 0.757 bits per heavy atom. The minimum atomic E-state index is -1.45. The third-order valence-corrected chi connectivity index (χ3v) is 7.85. The molecular weight excluding hydrogens is 494 g/mol. The summed E-state index contributed by atoms with van der Waals surface area (Å²) < 4.78 is 29.7. The zero-order valence-corrected chi connectivity index (χ0v) is 21.1. The molecule has 1 aliphatic carbocycles. The average molecular weight is 538 g/mol. The first-order valence-corrected chi connectivity index (χ1v) is 12.8. The van der Waals surface area contributed by atoms with Gasteiger partial charge < -0.3 is 77.1 Å². The van der Waals surface area contributed by atoms with Crippen molar-refractivity contribution >= 4 is 0 Å². The van der Waals surface area contributed by atoms with Gasteiger partial charge in [0.15, 0.2) is 18.9 Å². The van der Waals surface area contributed by atoms with Gasteiger partial charge in [-0.15, -0.1) is 0 Å². The molecule has 15 nitrogen and oxygen atoms in total. The van der Waals surface area contributed by atoms with Crippen molar-refractivity contribution in [1.82, 2.24) is 10.6 Å². The first-order valence-electron chi connectivity index (χ1n) is 12.8. The molecule has 0 amide bonds. The summed E-state index contributed by atoms with van der Waals surface area (Å²) in [7, 11) is 3.17. The monoisotopic (exact) mass is 537 g/mol. The van der Waals surface area contributed by atoms with E-state index in [4.69, 9.17) is 40.9 Å². The fourth-order valence-electron chi connectivity index (χ4n) is 5.81. The van der Waals surface area contributed by atoms with Crippen LogP contribution in [-0.4, -0.2) is 144 Å². The van der Waals surface area contributed by atoms with E-state index >= 15 is 0 Å². The van der Waals surface area contributed by atoms with Gasteiger partial charge in [0.1, 0.15) is 36.6 Å². The molecule has 216 valence electrons. The predicted molar refractivity (Wildman–Crippen MR) is 127 cm³/mol. The molecule has 4 aliphatic rings. The summed E-state index contributed by atoms with van der Waals surface area (Å²) in [6, 6.07) is -2.91. The topological polar surface area (TPSA) is 249 Å². The molecule has 0 aromatic rings. The van der Waals surface area contributed by atoms with Gasteiger partial charge in [0.2, 0.25) is 0 Å². The highest BCUT2D eigenvalue weighted by atomic mass is 16.8. The molecule has 37 heavy (non-hydrogen) atoms. The lowest BCUT2D eigenvalue weighted by atomic mass is 9.86. The summed E-state index contributed by atoms with van der Waals surface area (Å²) in [5.74, 6) is 0. The molecule has 0 bridgehead atoms. The third kappa shape index (κ3) is 5.96. The van der Waals surface area contributed by atoms with Crippen molar-refractivity contribution in [2.45, 2.75) is 117 Å². The second-order valence-electron chi connectivity index (χ2n) is 10.4. The van der Waals surface area contributed by atoms with E-state index in [2.05, 4.69) is 10.6 Å². The van der Waals surface area contributed by atoms with Gasteiger partial charge in [-0.2, -0.15) is 0 Å². The summed E-state index contributed by atoms with van der Waals surface area (Å²) in [5, 5.41) is 58.1. The summed E-state index contributed by atoms with van der Waals surface area (Å²) in [6.45, 7) is -0.418. The van der Waals surface area contributed by atoms with Crippen LogP contribution >= 0.6 is 0 Å². The van der Waals surface area contributed by atoms with Crippen LogP contribution in [0.1, 0.15) is 19.3 Å². The van der Waals surface area contributed by atoms with E-state index in [1.54, 1.807) is 14.1 Å². The molecule has 10 unspecified atom stereocenters. The summed E-state index contributed by atoms with van der Waals surface area (Å²) in [5.41, 5.74) is 18.4. The molecule has 4 fully saturated rings. The zero-order valence-electron chi connectivity index (χ0n) is 21.1. The van der Waals surface area contributed by atoms with Crippen molar-refractivity contribution in [3.8, 4) is 0 Å². The van der Waals surface area contributed by atoms with E-state index in [9.17, 15) is 25.5 Å². The van der Waals surface area contributed by atoms with Gasteiger partial charge in [-0.25, -0.2) is 0 Å². The lowest BCUT2D eigenvalue weighted by Gasteiger charge is -2.51. The number of likely N-dealkylation sites (N-methyl/N-ethyl adjacent to an activating group) is 2. The average Bonchev–Trinajstić information content (AvgIpc) is 2.84. The van der Waals surface area contributed by atoms with Crippen LogP contribution in [0.2, 0.25) is 0 Å². The van der Waals surface area contributed by atoms with Crippen LogP contribution < -0.4 is 27.8 Å². The Morgan fingerprint density at radius 2 is 1.46 bits per heavy atom. The standard InChI is InChI=1S/C22H43N5O10/c1-26-13-12(6-28)34-22(17(32)15(13)30)37-21-14(27-2)16(31)19-11(33-21)5-9(25)20(36-19)35-18-8(24)3-7(23)4-10(18)29/h7-22,26-32H,3-6,23-25H2,1-2H3/t7-,8?,9?,10-,11+,12?,13-,14?,15?,16?,17?,18-,19?,20+,21?,22?/m1/s1. The van der Waals surface area contributed by atoms with Crippen LogP contribution in [0, 0.1) is 0 Å². The molecule has 0 aromatic carbocycles. The van der Waals surface area contributed by atoms with Gasteiger partial charge in [0.25, 0.3) is 0 Å². The van der Waals surface area contributed by atoms with Crippen LogP contribution in [-0.2, 0) is 23.7 Å². The zero-order chi connectivity index (χ0) is 27.0. The molecule has 16 atom stereocenters. The van der Waals surface area contributed by atoms with E-state index < -0.39 is 98.5 Å². The highest BCUT2D eigenvalue weighted by molar-refractivity contribution is 5.00. The quantitative estimate of drug-likeness (QED) is 0.145. The Hall–Kier alpha value is -0.600. The Bertz CT molecular complexity index is 728. The van der Waals surface area contributed by atoms with Crippen molar-refractivity contribution in [1.29, 1.82) is 0 Å². The Labute approximate surface area is 215 Å². The van der Waals surface area contributed by atoms with Gasteiger partial charge >= 0.3 is 0 Å².